The van der Waals surface area contributed by atoms with Gasteiger partial charge in [0.25, 0.3) is 0 Å². The summed E-state index contributed by atoms with van der Waals surface area (Å²) in [6, 6.07) is 7.66. The van der Waals surface area contributed by atoms with Crippen LogP contribution in [-0.2, 0) is 22.6 Å². The molecule has 1 N–H and O–H groups in total. The second kappa shape index (κ2) is 9.26. The molecule has 1 amide bonds. The van der Waals surface area contributed by atoms with Gasteiger partial charge in [-0.1, -0.05) is 19.1 Å². The fraction of sp³-hybridized carbons (Fsp3) is 0.429. The molecule has 2 aromatic rings. The van der Waals surface area contributed by atoms with Gasteiger partial charge in [0.1, 0.15) is 5.75 Å². The summed E-state index contributed by atoms with van der Waals surface area (Å²) >= 11 is 0. The summed E-state index contributed by atoms with van der Waals surface area (Å²) in [5.74, 6) is 0.496. The molecule has 0 aliphatic rings. The fourth-order valence-electron chi connectivity index (χ4n) is 3.08. The van der Waals surface area contributed by atoms with E-state index in [1.54, 1.807) is 18.9 Å². The molecule has 1 aromatic carbocycles. The second-order valence-electron chi connectivity index (χ2n) is 6.40. The van der Waals surface area contributed by atoms with Crippen molar-refractivity contribution in [2.45, 2.75) is 47.2 Å². The topological polar surface area (TPSA) is 71.6 Å². The Kier molecular flexibility index (Phi) is 7.05. The summed E-state index contributed by atoms with van der Waals surface area (Å²) in [4.78, 5) is 29.7. The number of hydrogen-bond acceptors (Lipinski definition) is 4. The summed E-state index contributed by atoms with van der Waals surface area (Å²) in [7, 11) is 1.62. The van der Waals surface area contributed by atoms with E-state index < -0.39 is 0 Å². The van der Waals surface area contributed by atoms with Crippen molar-refractivity contribution in [3.63, 3.8) is 0 Å². The molecule has 0 unspecified atom stereocenters. The molecule has 146 valence electrons. The SMILES string of the molecule is CCOC(=O)c1c(C)[nH]c(CN(Cc2ccc(OC)cc2)C(=O)CC)c1C. The first-order valence-corrected chi connectivity index (χ1v) is 9.17. The largest absolute Gasteiger partial charge is 0.497 e. The van der Waals surface area contributed by atoms with Crippen molar-refractivity contribution >= 4 is 11.9 Å². The Morgan fingerprint density at radius 2 is 1.74 bits per heavy atom. The molecular weight excluding hydrogens is 344 g/mol. The van der Waals surface area contributed by atoms with Crippen molar-refractivity contribution in [1.29, 1.82) is 0 Å². The molecule has 0 radical (unpaired) electrons. The van der Waals surface area contributed by atoms with E-state index in [4.69, 9.17) is 9.47 Å². The number of benzene rings is 1. The van der Waals surface area contributed by atoms with E-state index in [9.17, 15) is 9.59 Å². The van der Waals surface area contributed by atoms with Crippen LogP contribution in [0.3, 0.4) is 0 Å². The maximum Gasteiger partial charge on any atom is 0.340 e. The third-order valence-electron chi connectivity index (χ3n) is 4.56. The van der Waals surface area contributed by atoms with E-state index in [1.165, 1.54) is 0 Å². The summed E-state index contributed by atoms with van der Waals surface area (Å²) < 4.78 is 10.3. The number of methoxy groups -OCH3 is 1. The average Bonchev–Trinajstić information content (AvgIpc) is 2.94. The molecule has 0 bridgehead atoms. The molecule has 0 aliphatic carbocycles. The van der Waals surface area contributed by atoms with E-state index >= 15 is 0 Å². The normalized spacial score (nSPS) is 10.6. The van der Waals surface area contributed by atoms with Gasteiger partial charge in [-0.15, -0.1) is 0 Å². The second-order valence-corrected chi connectivity index (χ2v) is 6.40. The Morgan fingerprint density at radius 1 is 1.07 bits per heavy atom. The van der Waals surface area contributed by atoms with Gasteiger partial charge in [0.15, 0.2) is 0 Å². The van der Waals surface area contributed by atoms with Crippen LogP contribution in [0.25, 0.3) is 0 Å². The molecule has 0 atom stereocenters. The highest BCUT2D eigenvalue weighted by molar-refractivity contribution is 5.92. The zero-order chi connectivity index (χ0) is 20.0. The van der Waals surface area contributed by atoms with E-state index in [1.807, 2.05) is 45.0 Å². The van der Waals surface area contributed by atoms with E-state index in [0.717, 1.165) is 28.3 Å². The number of nitrogens with one attached hydrogen (secondary N) is 1. The predicted octanol–water partition coefficient (Wildman–Crippen LogP) is 3.76. The molecule has 6 heteroatoms. The van der Waals surface area contributed by atoms with Crippen molar-refractivity contribution < 1.29 is 19.1 Å². The molecule has 2 rings (SSSR count). The highest BCUT2D eigenvalue weighted by Gasteiger charge is 2.22. The first-order chi connectivity index (χ1) is 12.9. The van der Waals surface area contributed by atoms with Crippen LogP contribution in [0.2, 0.25) is 0 Å². The van der Waals surface area contributed by atoms with Gasteiger partial charge in [0, 0.05) is 24.4 Å². The van der Waals surface area contributed by atoms with Gasteiger partial charge >= 0.3 is 5.97 Å². The molecule has 0 aliphatic heterocycles. The van der Waals surface area contributed by atoms with Gasteiger partial charge in [0.2, 0.25) is 5.91 Å². The number of nitrogens with zero attached hydrogens (tertiary/aromatic N) is 1. The third kappa shape index (κ3) is 4.90. The van der Waals surface area contributed by atoms with Crippen LogP contribution < -0.4 is 4.74 Å². The quantitative estimate of drug-likeness (QED) is 0.716. The van der Waals surface area contributed by atoms with Gasteiger partial charge in [-0.05, 0) is 44.0 Å². The highest BCUT2D eigenvalue weighted by atomic mass is 16.5. The van der Waals surface area contributed by atoms with E-state index in [2.05, 4.69) is 4.98 Å². The molecule has 0 saturated heterocycles. The molecular formula is C21H28N2O4. The Morgan fingerprint density at radius 3 is 2.30 bits per heavy atom. The number of aromatic nitrogens is 1. The van der Waals surface area contributed by atoms with Gasteiger partial charge < -0.3 is 19.4 Å². The molecule has 6 nitrogen and oxygen atoms in total. The minimum Gasteiger partial charge on any atom is -0.497 e. The van der Waals surface area contributed by atoms with Crippen LogP contribution in [0.4, 0.5) is 0 Å². The van der Waals surface area contributed by atoms with Crippen molar-refractivity contribution in [2.75, 3.05) is 13.7 Å². The van der Waals surface area contributed by atoms with Gasteiger partial charge in [-0.3, -0.25) is 4.79 Å². The van der Waals surface area contributed by atoms with Crippen LogP contribution in [-0.4, -0.2) is 35.5 Å². The number of aromatic amines is 1. The molecule has 1 heterocycles. The zero-order valence-corrected chi connectivity index (χ0v) is 16.7. The summed E-state index contributed by atoms with van der Waals surface area (Å²) in [6.07, 6.45) is 0.416. The summed E-state index contributed by atoms with van der Waals surface area (Å²) in [5.41, 5.74) is 4.01. The van der Waals surface area contributed by atoms with Crippen molar-refractivity contribution in [1.82, 2.24) is 9.88 Å². The lowest BCUT2D eigenvalue weighted by Crippen LogP contribution is -2.29. The average molecular weight is 372 g/mol. The number of esters is 1. The monoisotopic (exact) mass is 372 g/mol. The van der Waals surface area contributed by atoms with Crippen LogP contribution >= 0.6 is 0 Å². The number of carbonyl (C=O) groups is 2. The minimum absolute atomic E-state index is 0.0511. The van der Waals surface area contributed by atoms with Crippen molar-refractivity contribution in [3.05, 3.63) is 52.3 Å². The number of ether oxygens (including phenoxy) is 2. The van der Waals surface area contributed by atoms with Crippen LogP contribution in [0.15, 0.2) is 24.3 Å². The molecule has 0 fully saturated rings. The van der Waals surface area contributed by atoms with Crippen molar-refractivity contribution in [2.24, 2.45) is 0 Å². The smallest absolute Gasteiger partial charge is 0.340 e. The Bertz CT molecular complexity index is 793. The van der Waals surface area contributed by atoms with Gasteiger partial charge in [0.05, 0.1) is 25.8 Å². The summed E-state index contributed by atoms with van der Waals surface area (Å²) in [6.45, 7) is 8.59. The molecule has 1 aromatic heterocycles. The minimum atomic E-state index is -0.335. The molecule has 0 spiro atoms. The third-order valence-corrected chi connectivity index (χ3v) is 4.56. The number of amides is 1. The van der Waals surface area contributed by atoms with Crippen molar-refractivity contribution in [3.8, 4) is 5.75 Å². The predicted molar refractivity (Wildman–Crippen MR) is 104 cm³/mol. The number of H-pyrrole nitrogens is 1. The summed E-state index contributed by atoms with van der Waals surface area (Å²) in [5, 5.41) is 0. The fourth-order valence-corrected chi connectivity index (χ4v) is 3.08. The Labute approximate surface area is 160 Å². The highest BCUT2D eigenvalue weighted by Crippen LogP contribution is 2.22. The van der Waals surface area contributed by atoms with Crippen LogP contribution in [0.5, 0.6) is 5.75 Å². The lowest BCUT2D eigenvalue weighted by molar-refractivity contribution is -0.132. The van der Waals surface area contributed by atoms with Gasteiger partial charge in [-0.2, -0.15) is 0 Å². The molecule has 27 heavy (non-hydrogen) atoms. The van der Waals surface area contributed by atoms with E-state index in [0.29, 0.717) is 31.7 Å². The maximum absolute atomic E-state index is 12.5. The van der Waals surface area contributed by atoms with Crippen LogP contribution in [0.1, 0.15) is 53.1 Å². The number of aryl methyl sites for hydroxylation is 1. The van der Waals surface area contributed by atoms with E-state index in [-0.39, 0.29) is 11.9 Å². The first kappa shape index (κ1) is 20.6. The molecule has 0 saturated carbocycles. The first-order valence-electron chi connectivity index (χ1n) is 9.17. The zero-order valence-electron chi connectivity index (χ0n) is 16.7. The Balaban J connectivity index is 2.24. The number of carbonyl (C=O) groups excluding carboxylic acids is 2. The number of rotatable bonds is 8. The lowest BCUT2D eigenvalue weighted by atomic mass is 10.1. The number of hydrogen-bond donors (Lipinski definition) is 1. The standard InChI is InChI=1S/C21H28N2O4/c1-6-19(24)23(12-16-8-10-17(26-5)11-9-16)13-18-14(3)20(15(4)22-18)21(25)27-7-2/h8-11,22H,6-7,12-13H2,1-5H3. The Hall–Kier alpha value is -2.76. The lowest BCUT2D eigenvalue weighted by Gasteiger charge is -2.22. The van der Waals surface area contributed by atoms with Gasteiger partial charge in [-0.25, -0.2) is 4.79 Å². The van der Waals surface area contributed by atoms with Crippen LogP contribution in [0, 0.1) is 13.8 Å². The maximum atomic E-state index is 12.5.